The SMILES string of the molecule is CC(C)(C)OC(=O)N1C2CCC1C(CNCc1ccoc1)C2. The quantitative estimate of drug-likeness (QED) is 0.928. The molecule has 122 valence electrons. The van der Waals surface area contributed by atoms with Crippen LogP contribution in [0.15, 0.2) is 23.0 Å². The van der Waals surface area contributed by atoms with Crippen molar-refractivity contribution in [3.63, 3.8) is 0 Å². The van der Waals surface area contributed by atoms with Crippen molar-refractivity contribution in [3.8, 4) is 0 Å². The van der Waals surface area contributed by atoms with Gasteiger partial charge in [0.25, 0.3) is 0 Å². The number of amides is 1. The van der Waals surface area contributed by atoms with Gasteiger partial charge in [-0.25, -0.2) is 4.79 Å². The first-order valence-electron chi connectivity index (χ1n) is 8.17. The molecule has 2 fully saturated rings. The summed E-state index contributed by atoms with van der Waals surface area (Å²) in [6, 6.07) is 2.66. The van der Waals surface area contributed by atoms with E-state index in [0.29, 0.717) is 18.0 Å². The molecule has 3 atom stereocenters. The molecule has 3 heterocycles. The van der Waals surface area contributed by atoms with Gasteiger partial charge in [-0.1, -0.05) is 0 Å². The minimum Gasteiger partial charge on any atom is -0.472 e. The zero-order chi connectivity index (χ0) is 15.7. The fraction of sp³-hybridized carbons (Fsp3) is 0.706. The highest BCUT2D eigenvalue weighted by Crippen LogP contribution is 2.42. The van der Waals surface area contributed by atoms with E-state index < -0.39 is 5.60 Å². The molecule has 5 nitrogen and oxygen atoms in total. The molecule has 22 heavy (non-hydrogen) atoms. The van der Waals surface area contributed by atoms with E-state index in [-0.39, 0.29) is 6.09 Å². The average Bonchev–Trinajstić information content (AvgIpc) is 3.11. The molecule has 0 saturated carbocycles. The Balaban J connectivity index is 1.53. The summed E-state index contributed by atoms with van der Waals surface area (Å²) in [6.45, 7) is 7.52. The predicted octanol–water partition coefficient (Wildman–Crippen LogP) is 3.16. The van der Waals surface area contributed by atoms with E-state index in [1.807, 2.05) is 31.7 Å². The van der Waals surface area contributed by atoms with Crippen molar-refractivity contribution in [1.82, 2.24) is 10.2 Å². The second-order valence-electron chi connectivity index (χ2n) is 7.44. The lowest BCUT2D eigenvalue weighted by atomic mass is 9.89. The number of rotatable bonds is 4. The lowest BCUT2D eigenvalue weighted by Gasteiger charge is -2.28. The summed E-state index contributed by atoms with van der Waals surface area (Å²) in [5.74, 6) is 0.526. The lowest BCUT2D eigenvalue weighted by molar-refractivity contribution is 0.0205. The maximum Gasteiger partial charge on any atom is 0.410 e. The van der Waals surface area contributed by atoms with Crippen molar-refractivity contribution in [2.24, 2.45) is 5.92 Å². The maximum atomic E-state index is 12.4. The Morgan fingerprint density at radius 1 is 1.45 bits per heavy atom. The second-order valence-corrected chi connectivity index (χ2v) is 7.44. The van der Waals surface area contributed by atoms with E-state index in [1.165, 1.54) is 0 Å². The molecule has 0 radical (unpaired) electrons. The van der Waals surface area contributed by atoms with Gasteiger partial charge in [-0.3, -0.25) is 0 Å². The number of nitrogens with one attached hydrogen (secondary N) is 1. The minimum atomic E-state index is -0.422. The van der Waals surface area contributed by atoms with Crippen LogP contribution in [0.4, 0.5) is 4.79 Å². The Morgan fingerprint density at radius 2 is 2.27 bits per heavy atom. The van der Waals surface area contributed by atoms with Crippen LogP contribution in [0.5, 0.6) is 0 Å². The van der Waals surface area contributed by atoms with Crippen molar-refractivity contribution in [3.05, 3.63) is 24.2 Å². The highest BCUT2D eigenvalue weighted by atomic mass is 16.6. The van der Waals surface area contributed by atoms with Gasteiger partial charge in [0.1, 0.15) is 5.60 Å². The smallest absolute Gasteiger partial charge is 0.410 e. The van der Waals surface area contributed by atoms with Crippen LogP contribution in [0.1, 0.15) is 45.6 Å². The summed E-state index contributed by atoms with van der Waals surface area (Å²) in [5, 5.41) is 3.48. The number of nitrogens with zero attached hydrogens (tertiary/aromatic N) is 1. The number of hydrogen-bond acceptors (Lipinski definition) is 4. The molecular weight excluding hydrogens is 280 g/mol. The van der Waals surface area contributed by atoms with E-state index in [2.05, 4.69) is 5.32 Å². The van der Waals surface area contributed by atoms with Crippen LogP contribution in [0.2, 0.25) is 0 Å². The molecule has 2 aliphatic heterocycles. The van der Waals surface area contributed by atoms with Crippen molar-refractivity contribution < 1.29 is 13.9 Å². The first kappa shape index (κ1) is 15.4. The average molecular weight is 306 g/mol. The molecule has 0 aromatic carbocycles. The summed E-state index contributed by atoms with van der Waals surface area (Å²) < 4.78 is 10.6. The van der Waals surface area contributed by atoms with Gasteiger partial charge in [0.2, 0.25) is 0 Å². The Bertz CT molecular complexity index is 506. The summed E-state index contributed by atoms with van der Waals surface area (Å²) in [7, 11) is 0. The number of furan rings is 1. The van der Waals surface area contributed by atoms with E-state index in [9.17, 15) is 4.79 Å². The monoisotopic (exact) mass is 306 g/mol. The number of ether oxygens (including phenoxy) is 1. The summed E-state index contributed by atoms with van der Waals surface area (Å²) in [6.07, 6.45) is 6.61. The standard InChI is InChI=1S/C17H26N2O3/c1-17(2,3)22-16(20)19-14-4-5-15(19)13(8-14)10-18-9-12-6-7-21-11-12/h6-7,11,13-15,18H,4-5,8-10H2,1-3H3. The fourth-order valence-electron chi connectivity index (χ4n) is 3.73. The van der Waals surface area contributed by atoms with E-state index >= 15 is 0 Å². The van der Waals surface area contributed by atoms with Crippen molar-refractivity contribution in [2.45, 2.75) is 64.3 Å². The molecule has 2 saturated heterocycles. The third-order valence-electron chi connectivity index (χ3n) is 4.59. The molecule has 3 unspecified atom stereocenters. The zero-order valence-corrected chi connectivity index (χ0v) is 13.7. The van der Waals surface area contributed by atoms with E-state index in [0.717, 1.165) is 37.9 Å². The van der Waals surface area contributed by atoms with Crippen LogP contribution in [-0.4, -0.2) is 35.2 Å². The summed E-state index contributed by atoms with van der Waals surface area (Å²) in [4.78, 5) is 14.4. The number of carbonyl (C=O) groups excluding carboxylic acids is 1. The van der Waals surface area contributed by atoms with Crippen LogP contribution in [-0.2, 0) is 11.3 Å². The molecule has 5 heteroatoms. The zero-order valence-electron chi connectivity index (χ0n) is 13.7. The fourth-order valence-corrected chi connectivity index (χ4v) is 3.73. The normalized spacial score (nSPS) is 27.4. The van der Waals surface area contributed by atoms with Gasteiger partial charge in [-0.05, 0) is 52.0 Å². The highest BCUT2D eigenvalue weighted by molar-refractivity contribution is 5.70. The number of carbonyl (C=O) groups is 1. The van der Waals surface area contributed by atoms with Gasteiger partial charge in [0.15, 0.2) is 0 Å². The van der Waals surface area contributed by atoms with E-state index in [4.69, 9.17) is 9.15 Å². The Morgan fingerprint density at radius 3 is 2.95 bits per heavy atom. The minimum absolute atomic E-state index is 0.141. The molecule has 1 aromatic heterocycles. The van der Waals surface area contributed by atoms with Gasteiger partial charge >= 0.3 is 6.09 Å². The first-order chi connectivity index (χ1) is 10.4. The van der Waals surface area contributed by atoms with Gasteiger partial charge in [-0.2, -0.15) is 0 Å². The largest absolute Gasteiger partial charge is 0.472 e. The Hall–Kier alpha value is -1.49. The van der Waals surface area contributed by atoms with Gasteiger partial charge in [0.05, 0.1) is 12.5 Å². The third kappa shape index (κ3) is 3.29. The Kier molecular flexibility index (Phi) is 4.17. The number of hydrogen-bond donors (Lipinski definition) is 1. The molecule has 3 rings (SSSR count). The lowest BCUT2D eigenvalue weighted by Crippen LogP contribution is -2.41. The van der Waals surface area contributed by atoms with Gasteiger partial charge in [0, 0.05) is 30.7 Å². The maximum absolute atomic E-state index is 12.4. The van der Waals surface area contributed by atoms with Crippen molar-refractivity contribution >= 4 is 6.09 Å². The van der Waals surface area contributed by atoms with Crippen LogP contribution in [0.3, 0.4) is 0 Å². The Labute approximate surface area is 132 Å². The molecule has 1 N–H and O–H groups in total. The second kappa shape index (κ2) is 5.95. The third-order valence-corrected chi connectivity index (χ3v) is 4.59. The van der Waals surface area contributed by atoms with Crippen LogP contribution in [0.25, 0.3) is 0 Å². The molecular formula is C17H26N2O3. The topological polar surface area (TPSA) is 54.7 Å². The molecule has 2 aliphatic rings. The van der Waals surface area contributed by atoms with Crippen LogP contribution >= 0.6 is 0 Å². The van der Waals surface area contributed by atoms with Crippen LogP contribution < -0.4 is 5.32 Å². The van der Waals surface area contributed by atoms with E-state index in [1.54, 1.807) is 12.5 Å². The molecule has 1 aromatic rings. The molecule has 0 aliphatic carbocycles. The molecule has 0 spiro atoms. The van der Waals surface area contributed by atoms with Crippen molar-refractivity contribution in [1.29, 1.82) is 0 Å². The van der Waals surface area contributed by atoms with Crippen LogP contribution in [0, 0.1) is 5.92 Å². The van der Waals surface area contributed by atoms with Crippen molar-refractivity contribution in [2.75, 3.05) is 6.54 Å². The van der Waals surface area contributed by atoms with Gasteiger partial charge < -0.3 is 19.4 Å². The molecule has 1 amide bonds. The summed E-state index contributed by atoms with van der Waals surface area (Å²) in [5.41, 5.74) is 0.737. The number of fused-ring (bicyclic) bond motifs is 2. The van der Waals surface area contributed by atoms with Gasteiger partial charge in [-0.15, -0.1) is 0 Å². The first-order valence-corrected chi connectivity index (χ1v) is 8.17. The highest BCUT2D eigenvalue weighted by Gasteiger charge is 2.49. The molecule has 2 bridgehead atoms. The predicted molar refractivity (Wildman–Crippen MR) is 83.4 cm³/mol. The summed E-state index contributed by atoms with van der Waals surface area (Å²) >= 11 is 0.